The van der Waals surface area contributed by atoms with Gasteiger partial charge in [0.25, 0.3) is 5.91 Å². The molecule has 0 aliphatic carbocycles. The number of nitrogens with one attached hydrogen (secondary N) is 3. The largest absolute Gasteiger partial charge is 0.323 e. The monoisotopic (exact) mass is 884 g/mol. The molecule has 1 spiro atoms. The Bertz CT molecular complexity index is 912. The number of hydrogen-bond donors (Lipinski definition) is 3. The molecule has 3 N–H and O–H groups in total. The molecule has 2 heterocycles. The SMILES string of the molecule is O=C1NC(=O)C2(CCCCCCCCCCCCCCCCCCCCCCCCCCCCCCCCCCCCCCCCCCCCCCCCCCCCCNCC2)N1. The topological polar surface area (TPSA) is 70.2 Å². The zero-order chi connectivity index (χ0) is 44.7. The molecule has 0 aromatic heterocycles. The van der Waals surface area contributed by atoms with Gasteiger partial charge in [-0.15, -0.1) is 0 Å². The molecule has 2 saturated heterocycles. The van der Waals surface area contributed by atoms with Crippen molar-refractivity contribution in [1.29, 1.82) is 0 Å². The molecule has 372 valence electrons. The Morgan fingerprint density at radius 2 is 0.444 bits per heavy atom. The van der Waals surface area contributed by atoms with Crippen LogP contribution in [-0.2, 0) is 4.79 Å². The first-order chi connectivity index (χ1) is 31.2. The average molecular weight is 885 g/mol. The highest BCUT2D eigenvalue weighted by molar-refractivity contribution is 6.07. The van der Waals surface area contributed by atoms with Gasteiger partial charge < -0.3 is 10.6 Å². The van der Waals surface area contributed by atoms with E-state index in [1.807, 2.05) is 0 Å². The van der Waals surface area contributed by atoms with Crippen molar-refractivity contribution >= 4 is 11.9 Å². The molecule has 0 saturated carbocycles. The minimum Gasteiger partial charge on any atom is -0.323 e. The van der Waals surface area contributed by atoms with Crippen molar-refractivity contribution in [3.05, 3.63) is 0 Å². The van der Waals surface area contributed by atoms with Crippen LogP contribution in [0.15, 0.2) is 0 Å². The highest BCUT2D eigenvalue weighted by Crippen LogP contribution is 2.24. The average Bonchev–Trinajstić information content (AvgIpc) is 3.57. The van der Waals surface area contributed by atoms with Crippen LogP contribution in [0, 0.1) is 0 Å². The van der Waals surface area contributed by atoms with Crippen molar-refractivity contribution in [2.45, 2.75) is 346 Å². The third kappa shape index (κ3) is 37.7. The number of imide groups is 1. The second-order valence-corrected chi connectivity index (χ2v) is 21.3. The third-order valence-corrected chi connectivity index (χ3v) is 15.2. The first-order valence-electron chi connectivity index (χ1n) is 29.6. The Morgan fingerprint density at radius 3 is 0.651 bits per heavy atom. The second kappa shape index (κ2) is 46.0. The van der Waals surface area contributed by atoms with E-state index in [0.29, 0.717) is 6.42 Å². The van der Waals surface area contributed by atoms with E-state index >= 15 is 0 Å². The number of rotatable bonds is 0. The first-order valence-corrected chi connectivity index (χ1v) is 29.6. The molecule has 2 fully saturated rings. The van der Waals surface area contributed by atoms with Crippen LogP contribution in [-0.4, -0.2) is 30.6 Å². The van der Waals surface area contributed by atoms with Gasteiger partial charge in [0.1, 0.15) is 5.54 Å². The Labute approximate surface area is 395 Å². The fourth-order valence-electron chi connectivity index (χ4n) is 10.8. The number of urea groups is 1. The van der Waals surface area contributed by atoms with Gasteiger partial charge in [0.15, 0.2) is 0 Å². The Kier molecular flexibility index (Phi) is 42.4. The molecular weight excluding hydrogens is 771 g/mol. The molecule has 2 aliphatic heterocycles. The van der Waals surface area contributed by atoms with Gasteiger partial charge in [0, 0.05) is 0 Å². The molecule has 2 aliphatic rings. The summed E-state index contributed by atoms with van der Waals surface area (Å²) in [5.41, 5.74) is -0.718. The quantitative estimate of drug-likeness (QED) is 0.212. The van der Waals surface area contributed by atoms with Gasteiger partial charge in [-0.1, -0.05) is 321 Å². The van der Waals surface area contributed by atoms with Crippen LogP contribution in [0.4, 0.5) is 4.79 Å². The summed E-state index contributed by atoms with van der Waals surface area (Å²) in [5, 5.41) is 9.13. The van der Waals surface area contributed by atoms with Crippen molar-refractivity contribution in [2.24, 2.45) is 0 Å². The van der Waals surface area contributed by atoms with Crippen LogP contribution in [0.25, 0.3) is 0 Å². The van der Waals surface area contributed by atoms with Gasteiger partial charge in [-0.2, -0.15) is 0 Å². The molecule has 63 heavy (non-hydrogen) atoms. The maximum Gasteiger partial charge on any atom is 0.322 e. The number of hydrogen-bond acceptors (Lipinski definition) is 3. The summed E-state index contributed by atoms with van der Waals surface area (Å²) in [5.74, 6) is -0.116. The lowest BCUT2D eigenvalue weighted by molar-refractivity contribution is -0.124. The maximum absolute atomic E-state index is 12.8. The van der Waals surface area contributed by atoms with Gasteiger partial charge in [-0.25, -0.2) is 4.79 Å². The van der Waals surface area contributed by atoms with E-state index in [4.69, 9.17) is 0 Å². The van der Waals surface area contributed by atoms with E-state index in [9.17, 15) is 9.59 Å². The normalized spacial score (nSPS) is 26.1. The molecule has 0 aromatic rings. The Balaban J connectivity index is 1.51. The minimum atomic E-state index is -0.718. The number of carbonyl (C=O) groups excluding carboxylic acids is 2. The van der Waals surface area contributed by atoms with Crippen molar-refractivity contribution in [3.63, 3.8) is 0 Å². The summed E-state index contributed by atoms with van der Waals surface area (Å²) in [6.45, 7) is 1.79. The molecule has 0 aromatic carbocycles. The molecule has 1 unspecified atom stereocenters. The second-order valence-electron chi connectivity index (χ2n) is 21.3. The van der Waals surface area contributed by atoms with E-state index in [1.165, 1.54) is 315 Å². The van der Waals surface area contributed by atoms with Crippen molar-refractivity contribution < 1.29 is 9.59 Å². The van der Waals surface area contributed by atoms with Gasteiger partial charge in [-0.3, -0.25) is 10.1 Å². The van der Waals surface area contributed by atoms with Crippen LogP contribution >= 0.6 is 0 Å². The summed E-state index contributed by atoms with van der Waals surface area (Å²) in [6, 6.07) is -0.314. The summed E-state index contributed by atoms with van der Waals surface area (Å²) in [4.78, 5) is 24.9. The summed E-state index contributed by atoms with van der Waals surface area (Å²) >= 11 is 0. The first kappa shape index (κ1) is 58.0. The molecule has 2 rings (SSSR count). The third-order valence-electron chi connectivity index (χ3n) is 15.2. The summed E-state index contributed by atoms with van der Waals surface area (Å²) in [7, 11) is 0. The van der Waals surface area contributed by atoms with Gasteiger partial charge in [0.05, 0.1) is 0 Å². The zero-order valence-corrected chi connectivity index (χ0v) is 42.7. The van der Waals surface area contributed by atoms with E-state index in [0.717, 1.165) is 32.4 Å². The van der Waals surface area contributed by atoms with Crippen LogP contribution < -0.4 is 16.0 Å². The van der Waals surface area contributed by atoms with Crippen LogP contribution in [0.2, 0.25) is 0 Å². The predicted octanol–water partition coefficient (Wildman–Crippen LogP) is 18.8. The predicted molar refractivity (Wildman–Crippen MR) is 277 cm³/mol. The van der Waals surface area contributed by atoms with E-state index in [2.05, 4.69) is 16.0 Å². The van der Waals surface area contributed by atoms with Crippen molar-refractivity contribution in [1.82, 2.24) is 16.0 Å². The van der Waals surface area contributed by atoms with E-state index in [1.54, 1.807) is 0 Å². The fraction of sp³-hybridized carbons (Fsp3) is 0.966. The lowest BCUT2D eigenvalue weighted by Crippen LogP contribution is -2.48. The minimum absolute atomic E-state index is 0.116. The summed E-state index contributed by atoms with van der Waals surface area (Å²) < 4.78 is 0. The number of carbonyl (C=O) groups is 2. The van der Waals surface area contributed by atoms with Crippen molar-refractivity contribution in [3.8, 4) is 0 Å². The Morgan fingerprint density at radius 1 is 0.238 bits per heavy atom. The molecule has 3 amide bonds. The standard InChI is InChI=1S/C58H113N3O2/c62-56-58(61-57(63)60-56)52-50-48-46-44-42-40-38-36-34-32-30-28-26-24-22-20-18-16-14-12-10-8-6-4-2-1-3-5-7-9-11-13-15-17-19-21-23-25-27-29-31-33-35-37-39-41-43-45-47-49-51-54-59-55-53-58/h59H,1-55H2,(H2,60,61,62,63). The highest BCUT2D eigenvalue weighted by atomic mass is 16.2. The van der Waals surface area contributed by atoms with E-state index in [-0.39, 0.29) is 11.9 Å². The van der Waals surface area contributed by atoms with E-state index < -0.39 is 5.54 Å². The smallest absolute Gasteiger partial charge is 0.322 e. The van der Waals surface area contributed by atoms with Gasteiger partial charge in [-0.05, 0) is 32.4 Å². The Hall–Kier alpha value is -1.10. The van der Waals surface area contributed by atoms with Crippen LogP contribution in [0.1, 0.15) is 340 Å². The van der Waals surface area contributed by atoms with Crippen LogP contribution in [0.3, 0.4) is 0 Å². The molecule has 0 radical (unpaired) electrons. The fourth-order valence-corrected chi connectivity index (χ4v) is 10.8. The zero-order valence-electron chi connectivity index (χ0n) is 42.7. The van der Waals surface area contributed by atoms with Crippen molar-refractivity contribution in [2.75, 3.05) is 13.1 Å². The molecular formula is C58H113N3O2. The molecule has 1 atom stereocenters. The molecule has 5 heteroatoms. The lowest BCUT2D eigenvalue weighted by atomic mass is 9.88. The maximum atomic E-state index is 12.8. The van der Waals surface area contributed by atoms with Gasteiger partial charge in [0.2, 0.25) is 0 Å². The lowest BCUT2D eigenvalue weighted by Gasteiger charge is -2.26. The van der Waals surface area contributed by atoms with Gasteiger partial charge >= 0.3 is 6.03 Å². The highest BCUT2D eigenvalue weighted by Gasteiger charge is 2.44. The van der Waals surface area contributed by atoms with Crippen LogP contribution in [0.5, 0.6) is 0 Å². The number of amides is 3. The summed E-state index contributed by atoms with van der Waals surface area (Å²) in [6.07, 6.45) is 73.9. The molecule has 5 nitrogen and oxygen atoms in total. The molecule has 0 bridgehead atoms.